The van der Waals surface area contributed by atoms with Gasteiger partial charge in [0.25, 0.3) is 0 Å². The van der Waals surface area contributed by atoms with Crippen LogP contribution in [0.2, 0.25) is 0 Å². The molecule has 0 N–H and O–H groups in total. The van der Waals surface area contributed by atoms with Crippen LogP contribution in [0.15, 0.2) is 30.5 Å². The van der Waals surface area contributed by atoms with Crippen molar-refractivity contribution in [1.82, 2.24) is 0 Å². The van der Waals surface area contributed by atoms with Crippen LogP contribution in [0.3, 0.4) is 0 Å². The highest BCUT2D eigenvalue weighted by molar-refractivity contribution is 5.63. The van der Waals surface area contributed by atoms with Crippen molar-refractivity contribution in [3.8, 4) is 0 Å². The Balaban J connectivity index is 2.67. The van der Waals surface area contributed by atoms with Crippen molar-refractivity contribution >= 4 is 5.57 Å². The van der Waals surface area contributed by atoms with Crippen molar-refractivity contribution < 1.29 is 4.74 Å². The molecule has 0 fully saturated rings. The Morgan fingerprint density at radius 2 is 1.78 bits per heavy atom. The lowest BCUT2D eigenvalue weighted by atomic mass is 9.86. The van der Waals surface area contributed by atoms with E-state index in [1.807, 2.05) is 6.26 Å². The van der Waals surface area contributed by atoms with Crippen LogP contribution in [0.4, 0.5) is 0 Å². The summed E-state index contributed by atoms with van der Waals surface area (Å²) in [5.41, 5.74) is 4.00. The Morgan fingerprint density at radius 3 is 2.28 bits per heavy atom. The third-order valence-electron chi connectivity index (χ3n) is 3.08. The summed E-state index contributed by atoms with van der Waals surface area (Å²) < 4.78 is 5.53. The van der Waals surface area contributed by atoms with Crippen molar-refractivity contribution in [3.63, 3.8) is 0 Å². The van der Waals surface area contributed by atoms with Gasteiger partial charge in [0.1, 0.15) is 0 Å². The molecule has 18 heavy (non-hydrogen) atoms. The third-order valence-corrected chi connectivity index (χ3v) is 3.08. The minimum atomic E-state index is 0.216. The molecule has 0 amide bonds. The van der Waals surface area contributed by atoms with E-state index in [0.717, 1.165) is 13.0 Å². The Labute approximate surface area is 112 Å². The second-order valence-corrected chi connectivity index (χ2v) is 5.85. The average Bonchev–Trinajstić information content (AvgIpc) is 2.33. The van der Waals surface area contributed by atoms with Crippen LogP contribution in [-0.2, 0) is 10.2 Å². The maximum Gasteiger partial charge on any atom is 0.0873 e. The van der Waals surface area contributed by atoms with E-state index in [2.05, 4.69) is 58.9 Å². The molecule has 0 atom stereocenters. The van der Waals surface area contributed by atoms with Gasteiger partial charge in [-0.25, -0.2) is 0 Å². The zero-order chi connectivity index (χ0) is 13.6. The second kappa shape index (κ2) is 6.63. The highest BCUT2D eigenvalue weighted by Crippen LogP contribution is 2.24. The molecule has 1 rings (SSSR count). The van der Waals surface area contributed by atoms with Crippen LogP contribution >= 0.6 is 0 Å². The summed E-state index contributed by atoms with van der Waals surface area (Å²) in [4.78, 5) is 0. The van der Waals surface area contributed by atoms with Crippen LogP contribution in [0.1, 0.15) is 58.6 Å². The van der Waals surface area contributed by atoms with Crippen LogP contribution < -0.4 is 0 Å². The van der Waals surface area contributed by atoms with Crippen LogP contribution in [0, 0.1) is 0 Å². The highest BCUT2D eigenvalue weighted by atomic mass is 16.5. The average molecular weight is 246 g/mol. The fourth-order valence-electron chi connectivity index (χ4n) is 1.71. The molecule has 1 aromatic rings. The predicted molar refractivity (Wildman–Crippen MR) is 79.7 cm³/mol. The van der Waals surface area contributed by atoms with Crippen molar-refractivity contribution in [2.75, 3.05) is 6.61 Å². The van der Waals surface area contributed by atoms with Crippen LogP contribution in [0.25, 0.3) is 5.57 Å². The third kappa shape index (κ3) is 4.56. The number of allylic oxidation sites excluding steroid dienone is 1. The molecule has 0 aliphatic heterocycles. The van der Waals surface area contributed by atoms with E-state index in [0.29, 0.717) is 0 Å². The first kappa shape index (κ1) is 14.8. The summed E-state index contributed by atoms with van der Waals surface area (Å²) in [6.45, 7) is 11.8. The molecule has 1 nitrogen and oxygen atoms in total. The molecule has 0 aliphatic rings. The minimum Gasteiger partial charge on any atom is -0.501 e. The van der Waals surface area contributed by atoms with E-state index in [4.69, 9.17) is 4.74 Å². The normalized spacial score (nSPS) is 12.6. The maximum atomic E-state index is 5.53. The molecule has 0 spiro atoms. The Hall–Kier alpha value is -1.24. The molecule has 0 heterocycles. The smallest absolute Gasteiger partial charge is 0.0873 e. The van der Waals surface area contributed by atoms with Crippen LogP contribution in [-0.4, -0.2) is 6.61 Å². The molecule has 0 aromatic heterocycles. The van der Waals surface area contributed by atoms with Gasteiger partial charge in [-0.3, -0.25) is 0 Å². The number of ether oxygens (including phenoxy) is 1. The molecule has 0 unspecified atom stereocenters. The standard InChI is InChI=1S/C17H26O/c1-6-7-12-18-13-14(2)15-8-10-16(11-9-15)17(3,4)5/h8-11,13H,6-7,12H2,1-5H3/b14-13+. The monoisotopic (exact) mass is 246 g/mol. The molecule has 0 saturated carbocycles. The number of rotatable bonds is 5. The first-order valence-electron chi connectivity index (χ1n) is 6.84. The molecule has 0 saturated heterocycles. The molecule has 1 heteroatoms. The molecule has 0 radical (unpaired) electrons. The van der Waals surface area contributed by atoms with Crippen LogP contribution in [0.5, 0.6) is 0 Å². The summed E-state index contributed by atoms with van der Waals surface area (Å²) in [5.74, 6) is 0. The van der Waals surface area contributed by atoms with Crippen molar-refractivity contribution in [2.24, 2.45) is 0 Å². The number of hydrogen-bond acceptors (Lipinski definition) is 1. The van der Waals surface area contributed by atoms with Crippen molar-refractivity contribution in [2.45, 2.75) is 52.9 Å². The number of hydrogen-bond donors (Lipinski definition) is 0. The molecule has 1 aromatic carbocycles. The van der Waals surface area contributed by atoms with Gasteiger partial charge in [-0.15, -0.1) is 0 Å². The second-order valence-electron chi connectivity index (χ2n) is 5.85. The Kier molecular flexibility index (Phi) is 5.46. The van der Waals surface area contributed by atoms with Gasteiger partial charge in [-0.1, -0.05) is 58.4 Å². The molecular formula is C17H26O. The van der Waals surface area contributed by atoms with Gasteiger partial charge in [-0.05, 0) is 35.5 Å². The van der Waals surface area contributed by atoms with E-state index in [-0.39, 0.29) is 5.41 Å². The first-order chi connectivity index (χ1) is 8.45. The zero-order valence-corrected chi connectivity index (χ0v) is 12.4. The van der Waals surface area contributed by atoms with E-state index >= 15 is 0 Å². The van der Waals surface area contributed by atoms with Gasteiger partial charge in [0.2, 0.25) is 0 Å². The predicted octanol–water partition coefficient (Wildman–Crippen LogP) is 5.16. The van der Waals surface area contributed by atoms with Gasteiger partial charge >= 0.3 is 0 Å². The summed E-state index contributed by atoms with van der Waals surface area (Å²) in [6.07, 6.45) is 4.17. The fraction of sp³-hybridized carbons (Fsp3) is 0.529. The van der Waals surface area contributed by atoms with E-state index in [9.17, 15) is 0 Å². The summed E-state index contributed by atoms with van der Waals surface area (Å²) in [7, 11) is 0. The number of benzene rings is 1. The Bertz CT molecular complexity index is 379. The fourth-order valence-corrected chi connectivity index (χ4v) is 1.71. The largest absolute Gasteiger partial charge is 0.501 e. The highest BCUT2D eigenvalue weighted by Gasteiger charge is 2.12. The zero-order valence-electron chi connectivity index (χ0n) is 12.4. The first-order valence-corrected chi connectivity index (χ1v) is 6.84. The SMILES string of the molecule is CCCCO/C=C(\C)c1ccc(C(C)(C)C)cc1. The van der Waals surface area contributed by atoms with E-state index in [1.54, 1.807) is 0 Å². The minimum absolute atomic E-state index is 0.216. The summed E-state index contributed by atoms with van der Waals surface area (Å²) >= 11 is 0. The van der Waals surface area contributed by atoms with Gasteiger partial charge < -0.3 is 4.74 Å². The maximum absolute atomic E-state index is 5.53. The van der Waals surface area contributed by atoms with Gasteiger partial charge in [0, 0.05) is 0 Å². The summed E-state index contributed by atoms with van der Waals surface area (Å²) in [5, 5.41) is 0. The van der Waals surface area contributed by atoms with Gasteiger partial charge in [0.05, 0.1) is 12.9 Å². The molecule has 100 valence electrons. The molecule has 0 bridgehead atoms. The van der Waals surface area contributed by atoms with Gasteiger partial charge in [0.15, 0.2) is 0 Å². The Morgan fingerprint density at radius 1 is 1.17 bits per heavy atom. The lowest BCUT2D eigenvalue weighted by Gasteiger charge is -2.19. The topological polar surface area (TPSA) is 9.23 Å². The lowest BCUT2D eigenvalue weighted by molar-refractivity contribution is 0.245. The van der Waals surface area contributed by atoms with E-state index in [1.165, 1.54) is 23.1 Å². The summed E-state index contributed by atoms with van der Waals surface area (Å²) in [6, 6.07) is 8.77. The quantitative estimate of drug-likeness (QED) is 0.515. The molecular weight excluding hydrogens is 220 g/mol. The van der Waals surface area contributed by atoms with Crippen molar-refractivity contribution in [3.05, 3.63) is 41.7 Å². The van der Waals surface area contributed by atoms with Crippen molar-refractivity contribution in [1.29, 1.82) is 0 Å². The van der Waals surface area contributed by atoms with E-state index < -0.39 is 0 Å². The molecule has 0 aliphatic carbocycles. The van der Waals surface area contributed by atoms with Gasteiger partial charge in [-0.2, -0.15) is 0 Å². The number of unbranched alkanes of at least 4 members (excludes halogenated alkanes) is 1. The lowest BCUT2D eigenvalue weighted by Crippen LogP contribution is -2.10.